The van der Waals surface area contributed by atoms with Crippen LogP contribution in [0.2, 0.25) is 0 Å². The number of hydrogen-bond donors (Lipinski definition) is 0. The molecule has 0 radical (unpaired) electrons. The van der Waals surface area contributed by atoms with Gasteiger partial charge in [-0.3, -0.25) is 0 Å². The quantitative estimate of drug-likeness (QED) is 0.716. The van der Waals surface area contributed by atoms with Crippen molar-refractivity contribution < 1.29 is 13.2 Å². The first kappa shape index (κ1) is 15.0. The molecule has 0 aliphatic rings. The lowest BCUT2D eigenvalue weighted by atomic mass is 10.2. The molecule has 0 aliphatic carbocycles. The first-order chi connectivity index (χ1) is 9.86. The molecule has 2 aromatic carbocycles. The van der Waals surface area contributed by atoms with Crippen LogP contribution in [0.15, 0.2) is 58.8 Å². The smallest absolute Gasteiger partial charge is 0.378 e. The van der Waals surface area contributed by atoms with Crippen molar-refractivity contribution in [3.8, 4) is 0 Å². The lowest BCUT2D eigenvalue weighted by molar-refractivity contribution is -0.137. The van der Waals surface area contributed by atoms with Gasteiger partial charge in [-0.25, -0.2) is 0 Å². The summed E-state index contributed by atoms with van der Waals surface area (Å²) in [6.07, 6.45) is -4.34. The molecule has 0 amide bonds. The Labute approximate surface area is 120 Å². The summed E-state index contributed by atoms with van der Waals surface area (Å²) in [6, 6.07) is 11.9. The summed E-state index contributed by atoms with van der Waals surface area (Å²) >= 11 is 0. The third kappa shape index (κ3) is 4.05. The molecule has 2 aromatic rings. The molecule has 3 nitrogen and oxygen atoms in total. The molecule has 0 aromatic heterocycles. The zero-order valence-electron chi connectivity index (χ0n) is 11.6. The van der Waals surface area contributed by atoms with Gasteiger partial charge >= 0.3 is 6.18 Å². The Morgan fingerprint density at radius 1 is 0.762 bits per heavy atom. The number of alkyl halides is 3. The molecule has 0 N–H and O–H groups in total. The SMILES string of the molecule is CN(C)c1ccc(/N=N/c2ccc(C(F)(F)F)cc2)cc1. The minimum atomic E-state index is -4.34. The first-order valence-corrected chi connectivity index (χ1v) is 6.22. The van der Waals surface area contributed by atoms with Crippen LogP contribution < -0.4 is 4.90 Å². The minimum Gasteiger partial charge on any atom is -0.378 e. The highest BCUT2D eigenvalue weighted by Crippen LogP contribution is 2.30. The average molecular weight is 293 g/mol. The third-order valence-electron chi connectivity index (χ3n) is 2.84. The minimum absolute atomic E-state index is 0.375. The van der Waals surface area contributed by atoms with Gasteiger partial charge in [0.1, 0.15) is 0 Å². The summed E-state index contributed by atoms with van der Waals surface area (Å²) in [6.45, 7) is 0. The first-order valence-electron chi connectivity index (χ1n) is 6.22. The number of rotatable bonds is 3. The zero-order chi connectivity index (χ0) is 15.5. The molecule has 2 rings (SSSR count). The van der Waals surface area contributed by atoms with Crippen LogP contribution in [0.3, 0.4) is 0 Å². The van der Waals surface area contributed by atoms with E-state index in [0.29, 0.717) is 11.4 Å². The van der Waals surface area contributed by atoms with Crippen molar-refractivity contribution in [3.63, 3.8) is 0 Å². The predicted octanol–water partition coefficient (Wildman–Crippen LogP) is 5.19. The Balaban J connectivity index is 2.10. The maximum absolute atomic E-state index is 12.4. The van der Waals surface area contributed by atoms with Crippen molar-refractivity contribution in [2.45, 2.75) is 6.18 Å². The van der Waals surface area contributed by atoms with E-state index >= 15 is 0 Å². The van der Waals surface area contributed by atoms with Crippen molar-refractivity contribution in [2.24, 2.45) is 10.2 Å². The molecule has 0 saturated carbocycles. The van der Waals surface area contributed by atoms with Crippen LogP contribution in [0.1, 0.15) is 5.56 Å². The maximum atomic E-state index is 12.4. The van der Waals surface area contributed by atoms with E-state index in [-0.39, 0.29) is 0 Å². The molecule has 0 aliphatic heterocycles. The van der Waals surface area contributed by atoms with E-state index in [2.05, 4.69) is 10.2 Å². The van der Waals surface area contributed by atoms with Gasteiger partial charge in [0.2, 0.25) is 0 Å². The van der Waals surface area contributed by atoms with Gasteiger partial charge < -0.3 is 4.90 Å². The second kappa shape index (κ2) is 5.95. The van der Waals surface area contributed by atoms with Gasteiger partial charge in [-0.2, -0.15) is 23.4 Å². The highest BCUT2D eigenvalue weighted by Gasteiger charge is 2.29. The molecule has 0 unspecified atom stereocenters. The molecule has 0 spiro atoms. The molecule has 0 atom stereocenters. The van der Waals surface area contributed by atoms with E-state index in [1.54, 1.807) is 12.1 Å². The van der Waals surface area contributed by atoms with Gasteiger partial charge in [-0.05, 0) is 48.5 Å². The molecular formula is C15H14F3N3. The average Bonchev–Trinajstić information content (AvgIpc) is 2.45. The fourth-order valence-corrected chi connectivity index (χ4v) is 1.65. The molecule has 0 saturated heterocycles. The van der Waals surface area contributed by atoms with Gasteiger partial charge in [0.25, 0.3) is 0 Å². The van der Waals surface area contributed by atoms with Crippen molar-refractivity contribution in [2.75, 3.05) is 19.0 Å². The molecule has 110 valence electrons. The number of azo groups is 1. The summed E-state index contributed by atoms with van der Waals surface area (Å²) in [7, 11) is 3.86. The Morgan fingerprint density at radius 2 is 1.19 bits per heavy atom. The third-order valence-corrected chi connectivity index (χ3v) is 2.84. The van der Waals surface area contributed by atoms with Gasteiger partial charge in [0.15, 0.2) is 0 Å². The van der Waals surface area contributed by atoms with E-state index in [4.69, 9.17) is 0 Å². The van der Waals surface area contributed by atoms with Crippen molar-refractivity contribution in [3.05, 3.63) is 54.1 Å². The van der Waals surface area contributed by atoms with E-state index in [1.165, 1.54) is 12.1 Å². The molecule has 0 fully saturated rings. The Hall–Kier alpha value is -2.37. The van der Waals surface area contributed by atoms with Crippen LogP contribution in [-0.4, -0.2) is 14.1 Å². The summed E-state index contributed by atoms with van der Waals surface area (Å²) in [4.78, 5) is 1.96. The van der Waals surface area contributed by atoms with E-state index in [0.717, 1.165) is 17.8 Å². The summed E-state index contributed by atoms with van der Waals surface area (Å²) in [5, 5.41) is 7.91. The van der Waals surface area contributed by atoms with Crippen LogP contribution in [0.4, 0.5) is 30.2 Å². The highest BCUT2D eigenvalue weighted by molar-refractivity contribution is 5.52. The Bertz CT molecular complexity index is 614. The fourth-order valence-electron chi connectivity index (χ4n) is 1.65. The summed E-state index contributed by atoms with van der Waals surface area (Å²) in [5.74, 6) is 0. The lowest BCUT2D eigenvalue weighted by Crippen LogP contribution is -2.07. The van der Waals surface area contributed by atoms with Crippen molar-refractivity contribution in [1.29, 1.82) is 0 Å². The van der Waals surface area contributed by atoms with E-state index < -0.39 is 11.7 Å². The van der Waals surface area contributed by atoms with Crippen LogP contribution in [0.25, 0.3) is 0 Å². The number of hydrogen-bond acceptors (Lipinski definition) is 3. The maximum Gasteiger partial charge on any atom is 0.416 e. The zero-order valence-corrected chi connectivity index (χ0v) is 11.6. The second-order valence-corrected chi connectivity index (χ2v) is 4.66. The monoisotopic (exact) mass is 293 g/mol. The number of benzene rings is 2. The van der Waals surface area contributed by atoms with Crippen LogP contribution in [-0.2, 0) is 6.18 Å². The Kier molecular flexibility index (Phi) is 4.26. The molecular weight excluding hydrogens is 279 g/mol. The highest BCUT2D eigenvalue weighted by atomic mass is 19.4. The summed E-state index contributed by atoms with van der Waals surface area (Å²) in [5.41, 5.74) is 1.35. The molecule has 0 bridgehead atoms. The molecule has 0 heterocycles. The predicted molar refractivity (Wildman–Crippen MR) is 76.4 cm³/mol. The second-order valence-electron chi connectivity index (χ2n) is 4.66. The van der Waals surface area contributed by atoms with Crippen molar-refractivity contribution >= 4 is 17.1 Å². The molecule has 6 heteroatoms. The van der Waals surface area contributed by atoms with E-state index in [9.17, 15) is 13.2 Å². The van der Waals surface area contributed by atoms with Gasteiger partial charge in [0, 0.05) is 19.8 Å². The van der Waals surface area contributed by atoms with Gasteiger partial charge in [0.05, 0.1) is 16.9 Å². The largest absolute Gasteiger partial charge is 0.416 e. The summed E-state index contributed by atoms with van der Waals surface area (Å²) < 4.78 is 37.2. The van der Waals surface area contributed by atoms with Crippen LogP contribution >= 0.6 is 0 Å². The lowest BCUT2D eigenvalue weighted by Gasteiger charge is -2.11. The van der Waals surface area contributed by atoms with Crippen LogP contribution in [0.5, 0.6) is 0 Å². The standard InChI is InChI=1S/C15H14F3N3/c1-21(2)14-9-7-13(8-10-14)20-19-12-5-3-11(4-6-12)15(16,17)18/h3-10H,1-2H3/b20-19+. The van der Waals surface area contributed by atoms with Crippen LogP contribution in [0, 0.1) is 0 Å². The normalized spacial score (nSPS) is 11.9. The Morgan fingerprint density at radius 3 is 1.57 bits per heavy atom. The van der Waals surface area contributed by atoms with Gasteiger partial charge in [-0.15, -0.1) is 0 Å². The van der Waals surface area contributed by atoms with E-state index in [1.807, 2.05) is 31.1 Å². The van der Waals surface area contributed by atoms with Crippen molar-refractivity contribution in [1.82, 2.24) is 0 Å². The number of nitrogens with zero attached hydrogens (tertiary/aromatic N) is 3. The van der Waals surface area contributed by atoms with Gasteiger partial charge in [-0.1, -0.05) is 0 Å². The topological polar surface area (TPSA) is 28.0 Å². The number of halogens is 3. The molecule has 21 heavy (non-hydrogen) atoms. The number of anilines is 1. The fraction of sp³-hybridized carbons (Fsp3) is 0.200.